The Kier molecular flexibility index (Phi) is 7.99. The predicted molar refractivity (Wildman–Crippen MR) is 175 cm³/mol. The molecule has 2 aliphatic heterocycles. The topological polar surface area (TPSA) is 194 Å². The molecule has 0 bridgehead atoms. The summed E-state index contributed by atoms with van der Waals surface area (Å²) < 4.78 is 5.54. The Morgan fingerprint density at radius 1 is 1.02 bits per heavy atom. The monoisotopic (exact) mass is 765 g/mol. The number of nitro benzene ring substituents is 2. The lowest BCUT2D eigenvalue weighted by Crippen LogP contribution is -2.60. The molecule has 15 nitrogen and oxygen atoms in total. The minimum absolute atomic E-state index is 0.0268. The molecule has 0 aromatic heterocycles. The molecule has 6 atom stereocenters. The van der Waals surface area contributed by atoms with Crippen molar-refractivity contribution in [2.24, 2.45) is 17.8 Å². The molecule has 4 aliphatic rings. The molecule has 3 fully saturated rings. The Morgan fingerprint density at radius 3 is 2.19 bits per heavy atom. The number of halogens is 3. The number of anilines is 2. The second-order valence-electron chi connectivity index (χ2n) is 12.2. The van der Waals surface area contributed by atoms with Gasteiger partial charge in [0.2, 0.25) is 11.8 Å². The number of ether oxygens (including phenoxy) is 1. The van der Waals surface area contributed by atoms with Crippen LogP contribution in [-0.4, -0.2) is 79.9 Å². The van der Waals surface area contributed by atoms with E-state index in [2.05, 4.69) is 15.9 Å². The molecule has 252 valence electrons. The van der Waals surface area contributed by atoms with Crippen LogP contribution in [0.1, 0.15) is 24.3 Å². The van der Waals surface area contributed by atoms with Crippen molar-refractivity contribution in [3.8, 4) is 11.5 Å². The largest absolute Gasteiger partial charge is 0.508 e. The van der Waals surface area contributed by atoms with E-state index in [9.17, 15) is 44.5 Å². The average Bonchev–Trinajstić information content (AvgIpc) is 3.37. The third kappa shape index (κ3) is 4.38. The average molecular weight is 767 g/mol. The first kappa shape index (κ1) is 33.6. The number of alkyl halides is 3. The van der Waals surface area contributed by atoms with Crippen molar-refractivity contribution in [1.82, 2.24) is 4.90 Å². The van der Waals surface area contributed by atoms with E-state index in [4.69, 9.17) is 27.9 Å². The molecule has 0 spiro atoms. The molecule has 18 heteroatoms. The number of aromatic hydroxyl groups is 1. The number of rotatable bonds is 7. The van der Waals surface area contributed by atoms with E-state index >= 15 is 0 Å². The number of phenols is 1. The van der Waals surface area contributed by atoms with Gasteiger partial charge in [-0.05, 0) is 24.8 Å². The standard InChI is InChI=1S/C30H26BrCl2N5O10/c1-34(2)24-19(37(44)45)8-13(9-20(24)38(46)47)36-25(40)17-7-6-15-18(22(17)26(36)41)11-29(32)27(42)35(12-31)28(43)30(29,33)23(15)16-5-4-14(39)10-21(16)48-3/h4-6,8-10,17-18,22-23,39H,7,11-12H2,1-3H3/t17-,18+,22-,23+,29+,30-/m0/s1. The van der Waals surface area contributed by atoms with Crippen molar-refractivity contribution in [2.45, 2.75) is 28.5 Å². The number of benzene rings is 2. The van der Waals surface area contributed by atoms with Crippen LogP contribution < -0.4 is 14.5 Å². The number of amides is 4. The first-order valence-corrected chi connectivity index (χ1v) is 16.3. The fourth-order valence-electron chi connectivity index (χ4n) is 7.75. The zero-order chi connectivity index (χ0) is 35.2. The summed E-state index contributed by atoms with van der Waals surface area (Å²) in [6.45, 7) is 0. The molecular weight excluding hydrogens is 741 g/mol. The molecular formula is C30H26BrCl2N5O10. The van der Waals surface area contributed by atoms with Gasteiger partial charge in [-0.15, -0.1) is 23.2 Å². The van der Waals surface area contributed by atoms with E-state index in [1.807, 2.05) is 0 Å². The highest BCUT2D eigenvalue weighted by Gasteiger charge is 2.76. The van der Waals surface area contributed by atoms with Crippen LogP contribution in [0.5, 0.6) is 11.5 Å². The first-order chi connectivity index (χ1) is 22.5. The van der Waals surface area contributed by atoms with Crippen LogP contribution in [0.25, 0.3) is 0 Å². The molecule has 6 rings (SSSR count). The van der Waals surface area contributed by atoms with Crippen molar-refractivity contribution in [3.63, 3.8) is 0 Å². The second kappa shape index (κ2) is 11.4. The van der Waals surface area contributed by atoms with Gasteiger partial charge in [0.05, 0.1) is 39.9 Å². The zero-order valence-electron chi connectivity index (χ0n) is 25.4. The normalized spacial score (nSPS) is 29.3. The van der Waals surface area contributed by atoms with Gasteiger partial charge < -0.3 is 14.7 Å². The maximum absolute atomic E-state index is 14.4. The summed E-state index contributed by atoms with van der Waals surface area (Å²) in [7, 11) is 4.11. The van der Waals surface area contributed by atoms with Crippen molar-refractivity contribution in [2.75, 3.05) is 36.5 Å². The Bertz CT molecular complexity index is 1850. The number of fused-ring (bicyclic) bond motifs is 4. The van der Waals surface area contributed by atoms with Gasteiger partial charge in [-0.2, -0.15) is 0 Å². The lowest BCUT2D eigenvalue weighted by Gasteiger charge is -2.50. The number of imide groups is 2. The summed E-state index contributed by atoms with van der Waals surface area (Å²) in [4.78, 5) is 77.1. The SMILES string of the molecule is COc1cc(O)ccc1[C@H]1C2=CC[C@@H]3C(=O)N(c4cc([N+](=O)[O-])c(N(C)C)c([N+](=O)[O-])c4)C(=O)[C@@H]3[C@@H]2C[C@@]2(Cl)C(=O)N(CBr)C(=O)[C@@]12Cl. The number of likely N-dealkylation sites (tertiary alicyclic amines) is 1. The van der Waals surface area contributed by atoms with Gasteiger partial charge in [-0.3, -0.25) is 44.3 Å². The minimum Gasteiger partial charge on any atom is -0.508 e. The van der Waals surface area contributed by atoms with Crippen LogP contribution in [0, 0.1) is 38.0 Å². The number of nitro groups is 2. The van der Waals surface area contributed by atoms with Crippen molar-refractivity contribution in [1.29, 1.82) is 0 Å². The summed E-state index contributed by atoms with van der Waals surface area (Å²) in [6, 6.07) is 6.00. The molecule has 2 aromatic carbocycles. The van der Waals surface area contributed by atoms with E-state index < -0.39 is 78.3 Å². The lowest BCUT2D eigenvalue weighted by molar-refractivity contribution is -0.392. The van der Waals surface area contributed by atoms with E-state index in [1.165, 1.54) is 44.3 Å². The molecule has 2 aromatic rings. The van der Waals surface area contributed by atoms with Crippen LogP contribution in [0.2, 0.25) is 0 Å². The number of allylic oxidation sites excluding steroid dienone is 2. The van der Waals surface area contributed by atoms with E-state index in [0.717, 1.165) is 17.0 Å². The van der Waals surface area contributed by atoms with Gasteiger partial charge in [-0.25, -0.2) is 4.90 Å². The molecule has 1 N–H and O–H groups in total. The number of hydrogen-bond donors (Lipinski definition) is 1. The van der Waals surface area contributed by atoms with Crippen LogP contribution in [0.3, 0.4) is 0 Å². The zero-order valence-corrected chi connectivity index (χ0v) is 28.5. The molecule has 48 heavy (non-hydrogen) atoms. The fourth-order valence-corrected chi connectivity index (χ4v) is 9.16. The molecule has 0 radical (unpaired) electrons. The van der Waals surface area contributed by atoms with Crippen LogP contribution in [0.4, 0.5) is 22.7 Å². The summed E-state index contributed by atoms with van der Waals surface area (Å²) in [6.07, 6.45) is 1.32. The Labute approximate surface area is 290 Å². The highest BCUT2D eigenvalue weighted by molar-refractivity contribution is 9.09. The number of methoxy groups -OCH3 is 1. The van der Waals surface area contributed by atoms with Crippen molar-refractivity contribution < 1.29 is 38.9 Å². The highest BCUT2D eigenvalue weighted by Crippen LogP contribution is 2.66. The van der Waals surface area contributed by atoms with Crippen molar-refractivity contribution in [3.05, 3.63) is 67.8 Å². The maximum Gasteiger partial charge on any atom is 0.301 e. The number of carbonyl (C=O) groups is 4. The van der Waals surface area contributed by atoms with Crippen molar-refractivity contribution >= 4 is 85.5 Å². The molecule has 0 unspecified atom stereocenters. The van der Waals surface area contributed by atoms with Crippen LogP contribution >= 0.6 is 39.1 Å². The smallest absolute Gasteiger partial charge is 0.301 e. The number of carbonyl (C=O) groups excluding carboxylic acids is 4. The Morgan fingerprint density at radius 2 is 1.65 bits per heavy atom. The predicted octanol–water partition coefficient (Wildman–Crippen LogP) is 4.20. The second-order valence-corrected chi connectivity index (χ2v) is 13.9. The van der Waals surface area contributed by atoms with Gasteiger partial charge in [-0.1, -0.05) is 33.6 Å². The minimum atomic E-state index is -2.12. The number of phenolic OH excluding ortho intramolecular Hbond substituents is 1. The first-order valence-electron chi connectivity index (χ1n) is 14.4. The third-order valence-electron chi connectivity index (χ3n) is 9.70. The molecule has 2 saturated heterocycles. The Hall–Kier alpha value is -4.28. The summed E-state index contributed by atoms with van der Waals surface area (Å²) in [5.41, 5.74) is -1.56. The fraction of sp³-hybridized carbons (Fsp3) is 0.400. The highest BCUT2D eigenvalue weighted by atomic mass is 79.9. The van der Waals surface area contributed by atoms with Gasteiger partial charge >= 0.3 is 11.4 Å². The molecule has 4 amide bonds. The van der Waals surface area contributed by atoms with Crippen LogP contribution in [-0.2, 0) is 19.2 Å². The number of hydrogen-bond acceptors (Lipinski definition) is 11. The van der Waals surface area contributed by atoms with Gasteiger partial charge in [0.1, 0.15) is 11.5 Å². The van der Waals surface area contributed by atoms with E-state index in [0.29, 0.717) is 16.0 Å². The van der Waals surface area contributed by atoms with E-state index in [1.54, 1.807) is 6.08 Å². The summed E-state index contributed by atoms with van der Waals surface area (Å²) >= 11 is 17.6. The quantitative estimate of drug-likeness (QED) is 0.106. The molecule has 1 saturated carbocycles. The maximum atomic E-state index is 14.4. The molecule has 2 heterocycles. The van der Waals surface area contributed by atoms with Gasteiger partial charge in [0, 0.05) is 43.8 Å². The summed E-state index contributed by atoms with van der Waals surface area (Å²) in [5.74, 6) is -7.53. The van der Waals surface area contributed by atoms with Gasteiger partial charge in [0.25, 0.3) is 11.8 Å². The lowest BCUT2D eigenvalue weighted by atomic mass is 9.56. The van der Waals surface area contributed by atoms with Gasteiger partial charge in [0.15, 0.2) is 15.4 Å². The van der Waals surface area contributed by atoms with Crippen LogP contribution in [0.15, 0.2) is 42.0 Å². The number of nitrogens with zero attached hydrogens (tertiary/aromatic N) is 5. The summed E-state index contributed by atoms with van der Waals surface area (Å²) in [5, 5.41) is 34.3. The molecule has 2 aliphatic carbocycles. The van der Waals surface area contributed by atoms with E-state index in [-0.39, 0.29) is 41.2 Å². The Balaban J connectivity index is 1.53. The third-order valence-corrected chi connectivity index (χ3v) is 11.6.